The lowest BCUT2D eigenvalue weighted by atomic mass is 10.0. The lowest BCUT2D eigenvalue weighted by Gasteiger charge is -2.32. The van der Waals surface area contributed by atoms with Crippen molar-refractivity contribution in [3.05, 3.63) is 90.3 Å². The van der Waals surface area contributed by atoms with Crippen molar-refractivity contribution in [3.8, 4) is 0 Å². The molecule has 0 aliphatic carbocycles. The van der Waals surface area contributed by atoms with Gasteiger partial charge in [-0.2, -0.15) is 0 Å². The zero-order chi connectivity index (χ0) is 20.8. The summed E-state index contributed by atoms with van der Waals surface area (Å²) in [6, 6.07) is 20.8. The summed E-state index contributed by atoms with van der Waals surface area (Å²) in [6.45, 7) is 1.24. The summed E-state index contributed by atoms with van der Waals surface area (Å²) in [5, 5.41) is 6.45. The number of amides is 2. The van der Waals surface area contributed by atoms with Crippen molar-refractivity contribution < 1.29 is 9.59 Å². The average Bonchev–Trinajstić information content (AvgIpc) is 2.81. The number of rotatable bonds is 5. The van der Waals surface area contributed by atoms with Crippen LogP contribution < -0.4 is 10.6 Å². The second-order valence-corrected chi connectivity index (χ2v) is 7.31. The Balaban J connectivity index is 1.36. The molecule has 4 rings (SSSR count). The van der Waals surface area contributed by atoms with Crippen LogP contribution in [0.1, 0.15) is 33.6 Å². The summed E-state index contributed by atoms with van der Waals surface area (Å²) >= 11 is 0. The van der Waals surface area contributed by atoms with E-state index in [0.717, 1.165) is 24.2 Å². The van der Waals surface area contributed by atoms with Crippen LogP contribution in [0.25, 0.3) is 0 Å². The van der Waals surface area contributed by atoms with Gasteiger partial charge in [-0.1, -0.05) is 30.3 Å². The Bertz CT molecular complexity index is 1000. The highest BCUT2D eigenvalue weighted by Gasteiger charge is 2.25. The molecule has 2 heterocycles. The Hall–Kier alpha value is -3.67. The molecule has 1 saturated heterocycles. The molecule has 1 aromatic heterocycles. The molecule has 6 nitrogen and oxygen atoms in total. The van der Waals surface area contributed by atoms with Crippen LogP contribution in [-0.4, -0.2) is 40.8 Å². The summed E-state index contributed by atoms with van der Waals surface area (Å²) in [6.07, 6.45) is 4.72. The number of nitrogens with one attached hydrogen (secondary N) is 2. The van der Waals surface area contributed by atoms with Gasteiger partial charge in [-0.15, -0.1) is 0 Å². The first-order valence-corrected chi connectivity index (χ1v) is 10.1. The van der Waals surface area contributed by atoms with Crippen LogP contribution in [0.5, 0.6) is 0 Å². The van der Waals surface area contributed by atoms with E-state index in [0.29, 0.717) is 24.2 Å². The van der Waals surface area contributed by atoms with Crippen LogP contribution in [0.3, 0.4) is 0 Å². The molecule has 3 aromatic rings. The maximum atomic E-state index is 12.9. The maximum Gasteiger partial charge on any atom is 0.253 e. The number of hydrogen-bond donors (Lipinski definition) is 2. The van der Waals surface area contributed by atoms with Gasteiger partial charge in [-0.05, 0) is 49.2 Å². The number of anilines is 2. The van der Waals surface area contributed by atoms with Crippen molar-refractivity contribution in [2.75, 3.05) is 18.4 Å². The molecule has 2 N–H and O–H groups in total. The summed E-state index contributed by atoms with van der Waals surface area (Å²) in [5.41, 5.74) is 2.96. The minimum atomic E-state index is -0.104. The molecule has 2 amide bonds. The predicted molar refractivity (Wildman–Crippen MR) is 117 cm³/mol. The van der Waals surface area contributed by atoms with Crippen molar-refractivity contribution >= 4 is 23.2 Å². The van der Waals surface area contributed by atoms with E-state index in [9.17, 15) is 9.59 Å². The summed E-state index contributed by atoms with van der Waals surface area (Å²) < 4.78 is 0. The van der Waals surface area contributed by atoms with Crippen LogP contribution in [-0.2, 0) is 0 Å². The zero-order valence-electron chi connectivity index (χ0n) is 16.6. The molecule has 0 saturated carbocycles. The zero-order valence-corrected chi connectivity index (χ0v) is 16.6. The number of aromatic nitrogens is 1. The smallest absolute Gasteiger partial charge is 0.253 e. The number of piperidine rings is 1. The fourth-order valence-corrected chi connectivity index (χ4v) is 3.63. The van der Waals surface area contributed by atoms with Gasteiger partial charge in [0, 0.05) is 42.8 Å². The third-order valence-electron chi connectivity index (χ3n) is 5.27. The normalized spacial score (nSPS) is 14.2. The van der Waals surface area contributed by atoms with Gasteiger partial charge in [-0.3, -0.25) is 14.6 Å². The molecule has 2 aromatic carbocycles. The van der Waals surface area contributed by atoms with Crippen LogP contribution in [0.15, 0.2) is 79.1 Å². The minimum absolute atomic E-state index is 0.0135. The third kappa shape index (κ3) is 4.66. The van der Waals surface area contributed by atoms with E-state index in [1.807, 2.05) is 59.5 Å². The number of carbonyl (C=O) groups is 2. The first kappa shape index (κ1) is 19.6. The van der Waals surface area contributed by atoms with Gasteiger partial charge in [0.25, 0.3) is 11.8 Å². The van der Waals surface area contributed by atoms with Gasteiger partial charge in [0.05, 0.1) is 11.3 Å². The number of para-hydroxylation sites is 2. The molecule has 0 spiro atoms. The third-order valence-corrected chi connectivity index (χ3v) is 5.27. The van der Waals surface area contributed by atoms with Crippen molar-refractivity contribution in [1.82, 2.24) is 15.2 Å². The summed E-state index contributed by atoms with van der Waals surface area (Å²) in [7, 11) is 0. The standard InChI is InChI=1S/C24H24N4O2/c29-23(21-8-4-5-9-22(21)26-19-6-2-1-3-7-19)27-20-12-16-28(17-13-20)24(30)18-10-14-25-15-11-18/h1-11,14-15,20,26H,12-13,16-17H2,(H,27,29). The highest BCUT2D eigenvalue weighted by Crippen LogP contribution is 2.21. The highest BCUT2D eigenvalue weighted by atomic mass is 16.2. The van der Waals surface area contributed by atoms with Gasteiger partial charge in [0.2, 0.25) is 0 Å². The van der Waals surface area contributed by atoms with Crippen LogP contribution in [0, 0.1) is 0 Å². The molecule has 0 radical (unpaired) electrons. The molecule has 0 atom stereocenters. The number of carbonyl (C=O) groups excluding carboxylic acids is 2. The van der Waals surface area contributed by atoms with Crippen molar-refractivity contribution in [2.45, 2.75) is 18.9 Å². The topological polar surface area (TPSA) is 74.3 Å². The molecule has 1 aliphatic heterocycles. The van der Waals surface area contributed by atoms with Crippen molar-refractivity contribution in [3.63, 3.8) is 0 Å². The molecule has 0 bridgehead atoms. The Labute approximate surface area is 175 Å². The summed E-state index contributed by atoms with van der Waals surface area (Å²) in [4.78, 5) is 31.3. The Kier molecular flexibility index (Phi) is 6.03. The monoisotopic (exact) mass is 400 g/mol. The number of pyridine rings is 1. The first-order valence-electron chi connectivity index (χ1n) is 10.1. The van der Waals surface area contributed by atoms with E-state index in [2.05, 4.69) is 15.6 Å². The lowest BCUT2D eigenvalue weighted by Crippen LogP contribution is -2.46. The van der Waals surface area contributed by atoms with E-state index in [-0.39, 0.29) is 17.9 Å². The molecule has 6 heteroatoms. The van der Waals surface area contributed by atoms with Crippen LogP contribution in [0.4, 0.5) is 11.4 Å². The van der Waals surface area contributed by atoms with Gasteiger partial charge < -0.3 is 15.5 Å². The lowest BCUT2D eigenvalue weighted by molar-refractivity contribution is 0.0698. The second-order valence-electron chi connectivity index (χ2n) is 7.31. The summed E-state index contributed by atoms with van der Waals surface area (Å²) in [5.74, 6) is -0.0903. The quantitative estimate of drug-likeness (QED) is 0.682. The van der Waals surface area contributed by atoms with Gasteiger partial charge in [-0.25, -0.2) is 0 Å². The van der Waals surface area contributed by atoms with Gasteiger partial charge in [0.1, 0.15) is 0 Å². The van der Waals surface area contributed by atoms with E-state index in [4.69, 9.17) is 0 Å². The fraction of sp³-hybridized carbons (Fsp3) is 0.208. The second kappa shape index (κ2) is 9.22. The van der Waals surface area contributed by atoms with Gasteiger partial charge in [0.15, 0.2) is 0 Å². The molecule has 0 unspecified atom stereocenters. The van der Waals surface area contributed by atoms with E-state index < -0.39 is 0 Å². The highest BCUT2D eigenvalue weighted by molar-refractivity contribution is 6.00. The van der Waals surface area contributed by atoms with Crippen LogP contribution in [0.2, 0.25) is 0 Å². The number of likely N-dealkylation sites (tertiary alicyclic amines) is 1. The van der Waals surface area contributed by atoms with E-state index >= 15 is 0 Å². The molecule has 1 fully saturated rings. The molecule has 152 valence electrons. The van der Waals surface area contributed by atoms with E-state index in [1.54, 1.807) is 24.5 Å². The molecule has 30 heavy (non-hydrogen) atoms. The first-order chi connectivity index (χ1) is 14.7. The Morgan fingerprint density at radius 2 is 1.53 bits per heavy atom. The average molecular weight is 400 g/mol. The molecular formula is C24H24N4O2. The predicted octanol–water partition coefficient (Wildman–Crippen LogP) is 3.86. The largest absolute Gasteiger partial charge is 0.355 e. The maximum absolute atomic E-state index is 12.9. The number of benzene rings is 2. The van der Waals surface area contributed by atoms with Crippen molar-refractivity contribution in [1.29, 1.82) is 0 Å². The number of hydrogen-bond acceptors (Lipinski definition) is 4. The van der Waals surface area contributed by atoms with Crippen LogP contribution >= 0.6 is 0 Å². The Morgan fingerprint density at radius 3 is 2.27 bits per heavy atom. The van der Waals surface area contributed by atoms with E-state index in [1.165, 1.54) is 0 Å². The minimum Gasteiger partial charge on any atom is -0.355 e. The SMILES string of the molecule is O=C(NC1CCN(C(=O)c2ccncc2)CC1)c1ccccc1Nc1ccccc1. The fourth-order valence-electron chi connectivity index (χ4n) is 3.63. The van der Waals surface area contributed by atoms with Gasteiger partial charge >= 0.3 is 0 Å². The van der Waals surface area contributed by atoms with Crippen molar-refractivity contribution in [2.24, 2.45) is 0 Å². The molecule has 1 aliphatic rings. The Morgan fingerprint density at radius 1 is 0.867 bits per heavy atom. The molecular weight excluding hydrogens is 376 g/mol. The number of nitrogens with zero attached hydrogens (tertiary/aromatic N) is 2.